The summed E-state index contributed by atoms with van der Waals surface area (Å²) in [4.78, 5) is 20.7. The van der Waals surface area contributed by atoms with Gasteiger partial charge in [-0.1, -0.05) is 11.6 Å². The zero-order valence-electron chi connectivity index (χ0n) is 7.64. The zero-order valence-corrected chi connectivity index (χ0v) is 8.39. The van der Waals surface area contributed by atoms with Gasteiger partial charge in [0, 0.05) is 0 Å². The van der Waals surface area contributed by atoms with E-state index in [4.69, 9.17) is 11.6 Å². The number of anilines is 1. The Bertz CT molecular complexity index is 431. The van der Waals surface area contributed by atoms with Crippen LogP contribution in [0.25, 0.3) is 0 Å². The highest BCUT2D eigenvalue weighted by Gasteiger charge is 2.31. The van der Waals surface area contributed by atoms with Gasteiger partial charge in [-0.15, -0.1) is 0 Å². The van der Waals surface area contributed by atoms with Crippen molar-refractivity contribution in [3.63, 3.8) is 0 Å². The van der Waals surface area contributed by atoms with E-state index in [0.717, 1.165) is 12.1 Å². The molecule has 7 heteroatoms. The van der Waals surface area contributed by atoms with Crippen molar-refractivity contribution in [2.45, 2.75) is 6.18 Å². The maximum absolute atomic E-state index is 12.3. The second-order valence-corrected chi connectivity index (χ2v) is 3.21. The molecule has 86 valence electrons. The number of hydrogen-bond donors (Lipinski definition) is 1. The summed E-state index contributed by atoms with van der Waals surface area (Å²) < 4.78 is 36.9. The van der Waals surface area contributed by atoms with Crippen molar-refractivity contribution in [2.75, 3.05) is 5.32 Å². The van der Waals surface area contributed by atoms with Gasteiger partial charge in [-0.3, -0.25) is 9.59 Å². The molecule has 3 nitrogen and oxygen atoms in total. The lowest BCUT2D eigenvalue weighted by molar-refractivity contribution is -0.137. The number of nitrogens with one attached hydrogen (secondary N) is 1. The van der Waals surface area contributed by atoms with E-state index in [2.05, 4.69) is 0 Å². The van der Waals surface area contributed by atoms with Crippen LogP contribution in [0.4, 0.5) is 18.9 Å². The summed E-state index contributed by atoms with van der Waals surface area (Å²) in [6, 6.07) is 2.42. The largest absolute Gasteiger partial charge is 0.416 e. The van der Waals surface area contributed by atoms with Crippen LogP contribution >= 0.6 is 11.6 Å². The predicted octanol–water partition coefficient (Wildman–Crippen LogP) is 2.50. The summed E-state index contributed by atoms with van der Waals surface area (Å²) in [5.41, 5.74) is -1.22. The van der Waals surface area contributed by atoms with Gasteiger partial charge in [0.25, 0.3) is 5.91 Å². The zero-order chi connectivity index (χ0) is 12.3. The highest BCUT2D eigenvalue weighted by molar-refractivity contribution is 6.36. The number of aldehydes is 1. The average molecular weight is 252 g/mol. The first-order valence-corrected chi connectivity index (χ1v) is 4.35. The van der Waals surface area contributed by atoms with Gasteiger partial charge in [0.1, 0.15) is 0 Å². The summed E-state index contributed by atoms with van der Waals surface area (Å²) in [6.07, 6.45) is -4.60. The molecule has 0 bridgehead atoms. The molecule has 0 spiro atoms. The van der Waals surface area contributed by atoms with Gasteiger partial charge in [-0.25, -0.2) is 0 Å². The van der Waals surface area contributed by atoms with Crippen molar-refractivity contribution in [3.05, 3.63) is 28.8 Å². The lowest BCUT2D eigenvalue weighted by Crippen LogP contribution is -2.14. The molecule has 0 saturated carbocycles. The first-order chi connectivity index (χ1) is 7.34. The fourth-order valence-electron chi connectivity index (χ4n) is 0.960. The number of carbonyl (C=O) groups excluding carboxylic acids is 2. The Hall–Kier alpha value is -1.56. The van der Waals surface area contributed by atoms with Crippen LogP contribution in [0.15, 0.2) is 18.2 Å². The first-order valence-electron chi connectivity index (χ1n) is 3.97. The van der Waals surface area contributed by atoms with E-state index in [1.54, 1.807) is 0 Å². The predicted molar refractivity (Wildman–Crippen MR) is 51.1 cm³/mol. The van der Waals surface area contributed by atoms with E-state index in [-0.39, 0.29) is 17.0 Å². The molecule has 0 heterocycles. The molecule has 16 heavy (non-hydrogen) atoms. The normalized spacial score (nSPS) is 11.0. The Balaban J connectivity index is 3.09. The van der Waals surface area contributed by atoms with E-state index in [9.17, 15) is 22.8 Å². The molecule has 1 aromatic carbocycles. The fraction of sp³-hybridized carbons (Fsp3) is 0.111. The van der Waals surface area contributed by atoms with E-state index < -0.39 is 17.6 Å². The van der Waals surface area contributed by atoms with Gasteiger partial charge >= 0.3 is 6.18 Å². The van der Waals surface area contributed by atoms with Gasteiger partial charge in [-0.2, -0.15) is 13.2 Å². The van der Waals surface area contributed by atoms with Crippen molar-refractivity contribution in [1.82, 2.24) is 0 Å². The molecule has 0 unspecified atom stereocenters. The Morgan fingerprint density at radius 1 is 1.38 bits per heavy atom. The average Bonchev–Trinajstić information content (AvgIpc) is 2.19. The van der Waals surface area contributed by atoms with Gasteiger partial charge in [0.15, 0.2) is 0 Å². The van der Waals surface area contributed by atoms with Crippen molar-refractivity contribution < 1.29 is 22.8 Å². The van der Waals surface area contributed by atoms with E-state index in [1.807, 2.05) is 5.32 Å². The lowest BCUT2D eigenvalue weighted by Gasteiger charge is -2.10. The third kappa shape index (κ3) is 2.96. The van der Waals surface area contributed by atoms with E-state index in [1.165, 1.54) is 0 Å². The smallest absolute Gasteiger partial charge is 0.318 e. The first kappa shape index (κ1) is 12.5. The number of amides is 1. The molecule has 0 aliphatic carbocycles. The van der Waals surface area contributed by atoms with E-state index >= 15 is 0 Å². The molecule has 0 aromatic heterocycles. The van der Waals surface area contributed by atoms with Crippen LogP contribution in [0.2, 0.25) is 5.02 Å². The Morgan fingerprint density at radius 2 is 2.00 bits per heavy atom. The maximum atomic E-state index is 12.3. The summed E-state index contributed by atoms with van der Waals surface area (Å²) in [7, 11) is 0. The minimum Gasteiger partial charge on any atom is -0.318 e. The Kier molecular flexibility index (Phi) is 3.54. The summed E-state index contributed by atoms with van der Waals surface area (Å²) >= 11 is 5.55. The molecule has 0 fully saturated rings. The molecular formula is C9H5ClF3NO2. The van der Waals surface area contributed by atoms with Crippen molar-refractivity contribution in [3.8, 4) is 0 Å². The Morgan fingerprint density at radius 3 is 2.50 bits per heavy atom. The second-order valence-electron chi connectivity index (χ2n) is 2.80. The molecule has 1 amide bonds. The third-order valence-corrected chi connectivity index (χ3v) is 1.99. The number of halogens is 4. The topological polar surface area (TPSA) is 46.2 Å². The van der Waals surface area contributed by atoms with Crippen LogP contribution in [0.3, 0.4) is 0 Å². The standard InChI is InChI=1S/C9H5ClF3NO2/c10-6-2-1-5(9(11,12)13)3-7(6)14-8(16)4-15/h1-4H,(H,14,16). The molecular weight excluding hydrogens is 247 g/mol. The van der Waals surface area contributed by atoms with Crippen LogP contribution in [-0.2, 0) is 15.8 Å². The van der Waals surface area contributed by atoms with Crippen LogP contribution in [0, 0.1) is 0 Å². The third-order valence-electron chi connectivity index (χ3n) is 1.66. The Labute approximate surface area is 93.2 Å². The number of carbonyl (C=O) groups is 2. The molecule has 0 aliphatic heterocycles. The number of hydrogen-bond acceptors (Lipinski definition) is 2. The fourth-order valence-corrected chi connectivity index (χ4v) is 1.12. The summed E-state index contributed by atoms with van der Waals surface area (Å²) in [5, 5.41) is 1.85. The molecule has 0 saturated heterocycles. The molecule has 1 aromatic rings. The molecule has 1 N–H and O–H groups in total. The summed E-state index contributed by atoms with van der Waals surface area (Å²) in [5.74, 6) is -1.07. The maximum Gasteiger partial charge on any atom is 0.416 e. The molecule has 0 atom stereocenters. The van der Waals surface area contributed by atoms with Gasteiger partial charge < -0.3 is 5.32 Å². The van der Waals surface area contributed by atoms with Crippen molar-refractivity contribution in [2.24, 2.45) is 0 Å². The van der Waals surface area contributed by atoms with Gasteiger partial charge in [-0.05, 0) is 18.2 Å². The summed E-state index contributed by atoms with van der Waals surface area (Å²) in [6.45, 7) is 0. The second kappa shape index (κ2) is 4.52. The number of alkyl halides is 3. The van der Waals surface area contributed by atoms with Crippen molar-refractivity contribution >= 4 is 29.5 Å². The minimum atomic E-state index is -4.54. The van der Waals surface area contributed by atoms with Crippen LogP contribution in [0.5, 0.6) is 0 Å². The quantitative estimate of drug-likeness (QED) is 0.648. The van der Waals surface area contributed by atoms with E-state index in [0.29, 0.717) is 6.07 Å². The SMILES string of the molecule is O=CC(=O)Nc1cc(C(F)(F)F)ccc1Cl. The van der Waals surface area contributed by atoms with Gasteiger partial charge in [0.2, 0.25) is 6.29 Å². The lowest BCUT2D eigenvalue weighted by atomic mass is 10.2. The molecule has 0 aliphatic rings. The van der Waals surface area contributed by atoms with Crippen molar-refractivity contribution in [1.29, 1.82) is 0 Å². The van der Waals surface area contributed by atoms with Gasteiger partial charge in [0.05, 0.1) is 16.3 Å². The molecule has 1 rings (SSSR count). The monoisotopic (exact) mass is 251 g/mol. The minimum absolute atomic E-state index is 0.0589. The highest BCUT2D eigenvalue weighted by Crippen LogP contribution is 2.33. The van der Waals surface area contributed by atoms with Crippen LogP contribution in [-0.4, -0.2) is 12.2 Å². The molecule has 0 radical (unpaired) electrons. The van der Waals surface area contributed by atoms with Crippen LogP contribution < -0.4 is 5.32 Å². The van der Waals surface area contributed by atoms with Crippen LogP contribution in [0.1, 0.15) is 5.56 Å². The number of rotatable bonds is 2. The number of benzene rings is 1. The highest BCUT2D eigenvalue weighted by atomic mass is 35.5.